The number of carboxylic acid groups (broad SMARTS) is 1. The Labute approximate surface area is 293 Å². The van der Waals surface area contributed by atoms with Crippen LogP contribution in [0.1, 0.15) is 57.8 Å². The third-order valence-corrected chi connectivity index (χ3v) is 12.0. The van der Waals surface area contributed by atoms with Crippen molar-refractivity contribution in [3.8, 4) is 11.5 Å². The molecule has 4 atom stereocenters. The number of alkyl halides is 3. The number of aliphatic carboxylic acids is 1. The van der Waals surface area contributed by atoms with Crippen LogP contribution >= 0.6 is 11.6 Å². The van der Waals surface area contributed by atoms with Crippen LogP contribution in [0.25, 0.3) is 10.8 Å². The van der Waals surface area contributed by atoms with Crippen LogP contribution < -0.4 is 15.2 Å². The maximum Gasteiger partial charge on any atom is 0.490 e. The molecule has 0 spiro atoms. The maximum atomic E-state index is 14.3. The summed E-state index contributed by atoms with van der Waals surface area (Å²) in [5.74, 6) is -1.50. The van der Waals surface area contributed by atoms with Gasteiger partial charge in [0.05, 0.1) is 17.5 Å². The number of fused-ring (bicyclic) bond motifs is 3. The average Bonchev–Trinajstić information content (AvgIpc) is 3.80. The van der Waals surface area contributed by atoms with Gasteiger partial charge in [0.2, 0.25) is 15.9 Å². The fourth-order valence-electron chi connectivity index (χ4n) is 7.57. The monoisotopic (exact) mass is 737 g/mol. The van der Waals surface area contributed by atoms with Gasteiger partial charge in [0.25, 0.3) is 0 Å². The highest BCUT2D eigenvalue weighted by molar-refractivity contribution is 7.89. The summed E-state index contributed by atoms with van der Waals surface area (Å²) in [5, 5.41) is 9.43. The summed E-state index contributed by atoms with van der Waals surface area (Å²) in [4.78, 5) is 25.2. The molecular weight excluding hydrogens is 699 g/mol. The summed E-state index contributed by atoms with van der Waals surface area (Å²) in [6.45, 7) is 0.0796. The molecule has 2 bridgehead atoms. The fourth-order valence-corrected chi connectivity index (χ4v) is 9.36. The second-order valence-corrected chi connectivity index (χ2v) is 15.7. The van der Waals surface area contributed by atoms with Crippen LogP contribution in [0.2, 0.25) is 5.02 Å². The largest absolute Gasteiger partial charge is 0.490 e. The zero-order chi connectivity index (χ0) is 35.8. The van der Waals surface area contributed by atoms with Crippen LogP contribution in [0.4, 0.5) is 13.2 Å². The van der Waals surface area contributed by atoms with Crippen molar-refractivity contribution in [2.45, 2.75) is 105 Å². The molecule has 270 valence electrons. The van der Waals surface area contributed by atoms with Gasteiger partial charge in [-0.2, -0.15) is 17.5 Å². The molecule has 50 heavy (non-hydrogen) atoms. The highest BCUT2D eigenvalue weighted by Gasteiger charge is 2.51. The number of halogens is 4. The van der Waals surface area contributed by atoms with Crippen molar-refractivity contribution in [3.63, 3.8) is 0 Å². The van der Waals surface area contributed by atoms with Gasteiger partial charge in [-0.15, -0.1) is 0 Å². The summed E-state index contributed by atoms with van der Waals surface area (Å²) in [6.07, 6.45) is 2.80. The lowest BCUT2D eigenvalue weighted by Crippen LogP contribution is -2.55. The highest BCUT2D eigenvalue weighted by Crippen LogP contribution is 2.39. The van der Waals surface area contributed by atoms with Gasteiger partial charge in [-0.3, -0.25) is 4.79 Å². The van der Waals surface area contributed by atoms with Crippen molar-refractivity contribution in [1.82, 2.24) is 9.21 Å². The van der Waals surface area contributed by atoms with Gasteiger partial charge in [0, 0.05) is 29.6 Å². The molecule has 4 aliphatic rings. The minimum absolute atomic E-state index is 0.0587. The molecule has 1 amide bonds. The quantitative estimate of drug-likeness (QED) is 0.295. The molecule has 3 aliphatic heterocycles. The van der Waals surface area contributed by atoms with Crippen LogP contribution in [-0.4, -0.2) is 83.7 Å². The lowest BCUT2D eigenvalue weighted by Gasteiger charge is -2.40. The van der Waals surface area contributed by atoms with E-state index in [0.717, 1.165) is 55.0 Å². The summed E-state index contributed by atoms with van der Waals surface area (Å²) in [5.41, 5.74) is 6.28. The standard InChI is InChI=1S/C33H38ClN3O5S.C2HF3O2/c34-23-7-12-28(13-8-23)42-30-19-32(33(38)37-25-9-10-26(37)18-24(35)17-25)36(20-30)43(39,40)31-14-6-21-15-29(11-5-22(21)16-31)41-27-3-1-2-4-27;3-2(4,5)1(6)7/h5-8,11-16,24-27,30,32H,1-4,9-10,17-20,35H2;(H,6,7)/t24?,25?,26?,30-,32-;/m0./s1. The molecule has 3 heterocycles. The predicted molar refractivity (Wildman–Crippen MR) is 180 cm³/mol. The third kappa shape index (κ3) is 7.98. The Kier molecular flexibility index (Phi) is 10.5. The smallest absolute Gasteiger partial charge is 0.490 e. The SMILES string of the molecule is NC1CC2CCC(C1)N2C(=O)[C@@H]1C[C@H](Oc2ccc(Cl)cc2)CN1S(=O)(=O)c1ccc2cc(OC3CCCC3)ccc2c1.O=C(O)C(F)(F)F. The Morgan fingerprint density at radius 2 is 1.38 bits per heavy atom. The first-order valence-electron chi connectivity index (χ1n) is 16.7. The number of carbonyl (C=O) groups excluding carboxylic acids is 1. The van der Waals surface area contributed by atoms with Gasteiger partial charge in [-0.05, 0) is 111 Å². The normalized spacial score (nSPS) is 25.7. The zero-order valence-electron chi connectivity index (χ0n) is 27.1. The predicted octanol–water partition coefficient (Wildman–Crippen LogP) is 6.14. The second kappa shape index (κ2) is 14.6. The van der Waals surface area contributed by atoms with Crippen molar-refractivity contribution in [1.29, 1.82) is 0 Å². The molecule has 3 N–H and O–H groups in total. The molecular formula is C35H39ClF3N3O7S. The Bertz CT molecular complexity index is 1810. The van der Waals surface area contributed by atoms with E-state index in [1.807, 2.05) is 29.2 Å². The molecule has 10 nitrogen and oxygen atoms in total. The molecule has 2 unspecified atom stereocenters. The van der Waals surface area contributed by atoms with Crippen molar-refractivity contribution in [3.05, 3.63) is 65.7 Å². The first-order valence-corrected chi connectivity index (χ1v) is 18.5. The van der Waals surface area contributed by atoms with Crippen molar-refractivity contribution in [2.24, 2.45) is 5.73 Å². The molecule has 0 aromatic heterocycles. The molecule has 4 fully saturated rings. The van der Waals surface area contributed by atoms with Crippen LogP contribution in [-0.2, 0) is 19.6 Å². The van der Waals surface area contributed by atoms with Crippen molar-refractivity contribution in [2.75, 3.05) is 6.54 Å². The number of carboxylic acids is 1. The van der Waals surface area contributed by atoms with Crippen LogP contribution in [0.3, 0.4) is 0 Å². The molecule has 1 saturated carbocycles. The molecule has 7 rings (SSSR count). The minimum atomic E-state index is -5.08. The van der Waals surface area contributed by atoms with Gasteiger partial charge < -0.3 is 25.2 Å². The van der Waals surface area contributed by atoms with E-state index in [1.165, 1.54) is 17.1 Å². The van der Waals surface area contributed by atoms with Crippen LogP contribution in [0, 0.1) is 0 Å². The Balaban J connectivity index is 0.000000561. The number of nitrogens with two attached hydrogens (primary N) is 1. The Morgan fingerprint density at radius 3 is 2.00 bits per heavy atom. The van der Waals surface area contributed by atoms with Crippen molar-refractivity contribution >= 4 is 44.3 Å². The number of ether oxygens (including phenoxy) is 2. The highest BCUT2D eigenvalue weighted by atomic mass is 35.5. The molecule has 3 aromatic carbocycles. The molecule has 0 radical (unpaired) electrons. The molecule has 3 saturated heterocycles. The lowest BCUT2D eigenvalue weighted by molar-refractivity contribution is -0.192. The van der Waals surface area contributed by atoms with Crippen LogP contribution in [0.5, 0.6) is 11.5 Å². The second-order valence-electron chi connectivity index (χ2n) is 13.4. The van der Waals surface area contributed by atoms with Gasteiger partial charge in [0.1, 0.15) is 23.6 Å². The average molecular weight is 738 g/mol. The molecule has 15 heteroatoms. The maximum absolute atomic E-state index is 14.3. The van der Waals surface area contributed by atoms with E-state index in [-0.39, 0.29) is 48.0 Å². The van der Waals surface area contributed by atoms with E-state index < -0.39 is 34.3 Å². The topological polar surface area (TPSA) is 139 Å². The lowest BCUT2D eigenvalue weighted by atomic mass is 9.97. The van der Waals surface area contributed by atoms with E-state index in [9.17, 15) is 26.4 Å². The van der Waals surface area contributed by atoms with Gasteiger partial charge in [-0.25, -0.2) is 13.2 Å². The van der Waals surface area contributed by atoms with Crippen LogP contribution in [0.15, 0.2) is 65.6 Å². The third-order valence-electron chi connectivity index (χ3n) is 9.88. The fraction of sp³-hybridized carbons (Fsp3) is 0.486. The number of piperidine rings is 1. The van der Waals surface area contributed by atoms with E-state index in [0.29, 0.717) is 10.8 Å². The number of benzene rings is 3. The Hall–Kier alpha value is -3.59. The molecule has 1 aliphatic carbocycles. The number of hydrogen-bond donors (Lipinski definition) is 2. The summed E-state index contributed by atoms with van der Waals surface area (Å²) in [6, 6.07) is 17.3. The van der Waals surface area contributed by atoms with Gasteiger partial charge in [0.15, 0.2) is 0 Å². The first kappa shape index (κ1) is 36.2. The van der Waals surface area contributed by atoms with E-state index >= 15 is 0 Å². The molecule has 3 aromatic rings. The van der Waals surface area contributed by atoms with Gasteiger partial charge >= 0.3 is 12.1 Å². The van der Waals surface area contributed by atoms with E-state index in [4.69, 9.17) is 36.7 Å². The van der Waals surface area contributed by atoms with E-state index in [1.54, 1.807) is 36.4 Å². The first-order chi connectivity index (χ1) is 23.7. The summed E-state index contributed by atoms with van der Waals surface area (Å²) < 4.78 is 74.0. The number of sulfonamides is 1. The van der Waals surface area contributed by atoms with E-state index in [2.05, 4.69) is 0 Å². The van der Waals surface area contributed by atoms with Gasteiger partial charge in [-0.1, -0.05) is 23.7 Å². The van der Waals surface area contributed by atoms with Crippen molar-refractivity contribution < 1.29 is 45.8 Å². The number of amides is 1. The summed E-state index contributed by atoms with van der Waals surface area (Å²) >= 11 is 6.05. The number of rotatable bonds is 7. The Morgan fingerprint density at radius 1 is 0.820 bits per heavy atom. The number of carbonyl (C=O) groups is 2. The minimum Gasteiger partial charge on any atom is -0.490 e. The number of hydrogen-bond acceptors (Lipinski definition) is 7. The zero-order valence-corrected chi connectivity index (χ0v) is 28.7. The number of nitrogens with zero attached hydrogens (tertiary/aromatic N) is 2. The summed E-state index contributed by atoms with van der Waals surface area (Å²) in [7, 11) is -4.02.